The monoisotopic (exact) mass is 444 g/mol. The summed E-state index contributed by atoms with van der Waals surface area (Å²) in [5, 5.41) is 0. The first-order valence-corrected chi connectivity index (χ1v) is 11.2. The van der Waals surface area contributed by atoms with Gasteiger partial charge < -0.3 is 23.5 Å². The average molecular weight is 445 g/mol. The molecular formula is C23H28N2O5S. The third-order valence-electron chi connectivity index (χ3n) is 4.45. The molecular weight excluding hydrogens is 416 g/mol. The predicted molar refractivity (Wildman–Crippen MR) is 122 cm³/mol. The number of aryl methyl sites for hydroxylation is 1. The van der Waals surface area contributed by atoms with E-state index >= 15 is 0 Å². The van der Waals surface area contributed by atoms with Gasteiger partial charge in [-0.15, -0.1) is 0 Å². The first-order valence-electron chi connectivity index (χ1n) is 10.4. The molecule has 3 rings (SSSR count). The predicted octanol–water partition coefficient (Wildman–Crippen LogP) is 4.58. The second-order valence-corrected chi connectivity index (χ2v) is 7.53. The number of ether oxygens (including phenoxy) is 4. The van der Waals surface area contributed by atoms with Crippen molar-refractivity contribution in [2.45, 2.75) is 27.7 Å². The lowest BCUT2D eigenvalue weighted by atomic mass is 10.1. The SMILES string of the molecule is CCOc1ccc2c(c1)sc(=NC(=O)c1cc(OCC)c(OCC)c(OCC)c1)n2C. The van der Waals surface area contributed by atoms with E-state index in [4.69, 9.17) is 18.9 Å². The number of thiazole rings is 1. The maximum atomic E-state index is 13.0. The third-order valence-corrected chi connectivity index (χ3v) is 5.54. The average Bonchev–Trinajstić information content (AvgIpc) is 3.05. The molecule has 0 fully saturated rings. The zero-order valence-electron chi connectivity index (χ0n) is 18.6. The lowest BCUT2D eigenvalue weighted by Crippen LogP contribution is -2.13. The Morgan fingerprint density at radius 1 is 0.903 bits per heavy atom. The van der Waals surface area contributed by atoms with Gasteiger partial charge in [-0.05, 0) is 58.0 Å². The largest absolute Gasteiger partial charge is 0.494 e. The van der Waals surface area contributed by atoms with E-state index in [1.807, 2.05) is 57.5 Å². The van der Waals surface area contributed by atoms with Gasteiger partial charge in [-0.1, -0.05) is 11.3 Å². The van der Waals surface area contributed by atoms with E-state index in [9.17, 15) is 4.79 Å². The van der Waals surface area contributed by atoms with Crippen LogP contribution in [0.4, 0.5) is 0 Å². The molecule has 2 aromatic carbocycles. The number of carbonyl (C=O) groups excluding carboxylic acids is 1. The van der Waals surface area contributed by atoms with E-state index in [2.05, 4.69) is 4.99 Å². The molecule has 0 radical (unpaired) electrons. The summed E-state index contributed by atoms with van der Waals surface area (Å²) in [5.41, 5.74) is 1.36. The van der Waals surface area contributed by atoms with Crippen LogP contribution in [0.3, 0.4) is 0 Å². The van der Waals surface area contributed by atoms with Crippen molar-refractivity contribution in [1.29, 1.82) is 0 Å². The fraction of sp³-hybridized carbons (Fsp3) is 0.391. The summed E-state index contributed by atoms with van der Waals surface area (Å²) >= 11 is 1.44. The Labute approximate surface area is 185 Å². The number of carbonyl (C=O) groups is 1. The van der Waals surface area contributed by atoms with E-state index in [-0.39, 0.29) is 5.91 Å². The molecule has 0 aliphatic heterocycles. The topological polar surface area (TPSA) is 71.3 Å². The summed E-state index contributed by atoms with van der Waals surface area (Å²) in [7, 11) is 1.89. The zero-order valence-corrected chi connectivity index (χ0v) is 19.4. The number of fused-ring (bicyclic) bond motifs is 1. The van der Waals surface area contributed by atoms with Crippen molar-refractivity contribution in [2.24, 2.45) is 12.0 Å². The third kappa shape index (κ3) is 5.02. The standard InChI is InChI=1S/C23H28N2O5S/c1-6-27-16-10-11-17-20(14-16)31-23(25(17)5)24-22(26)15-12-18(28-7-2)21(30-9-4)19(13-15)29-8-3/h10-14H,6-9H2,1-5H3. The molecule has 8 heteroatoms. The number of benzene rings is 2. The van der Waals surface area contributed by atoms with Gasteiger partial charge in [0.05, 0.1) is 36.6 Å². The van der Waals surface area contributed by atoms with Crippen molar-refractivity contribution in [3.63, 3.8) is 0 Å². The molecule has 31 heavy (non-hydrogen) atoms. The van der Waals surface area contributed by atoms with Gasteiger partial charge in [0.15, 0.2) is 16.3 Å². The molecule has 3 aromatic rings. The van der Waals surface area contributed by atoms with Crippen LogP contribution in [-0.4, -0.2) is 36.9 Å². The minimum absolute atomic E-state index is 0.378. The molecule has 0 N–H and O–H groups in total. The highest BCUT2D eigenvalue weighted by atomic mass is 32.1. The number of hydrogen-bond donors (Lipinski definition) is 0. The molecule has 0 bridgehead atoms. The Morgan fingerprint density at radius 2 is 1.52 bits per heavy atom. The van der Waals surface area contributed by atoms with Crippen molar-refractivity contribution < 1.29 is 23.7 Å². The van der Waals surface area contributed by atoms with Gasteiger partial charge in [0.25, 0.3) is 5.91 Å². The number of rotatable bonds is 9. The first-order chi connectivity index (χ1) is 15.0. The Morgan fingerprint density at radius 3 is 2.10 bits per heavy atom. The molecule has 1 amide bonds. The van der Waals surface area contributed by atoms with Crippen molar-refractivity contribution in [3.8, 4) is 23.0 Å². The Hall–Kier alpha value is -3.00. The quantitative estimate of drug-likeness (QED) is 0.483. The molecule has 166 valence electrons. The van der Waals surface area contributed by atoms with E-state index < -0.39 is 0 Å². The summed E-state index contributed by atoms with van der Waals surface area (Å²) in [4.78, 5) is 18.0. The van der Waals surface area contributed by atoms with Crippen LogP contribution in [0.15, 0.2) is 35.3 Å². The minimum atomic E-state index is -0.378. The fourth-order valence-electron chi connectivity index (χ4n) is 3.14. The van der Waals surface area contributed by atoms with Crippen LogP contribution >= 0.6 is 11.3 Å². The molecule has 0 atom stereocenters. The fourth-order valence-corrected chi connectivity index (χ4v) is 4.19. The number of hydrogen-bond acceptors (Lipinski definition) is 6. The van der Waals surface area contributed by atoms with Crippen LogP contribution in [0.5, 0.6) is 23.0 Å². The van der Waals surface area contributed by atoms with Crippen LogP contribution in [0.2, 0.25) is 0 Å². The Balaban J connectivity index is 2.05. The van der Waals surface area contributed by atoms with Gasteiger partial charge in [0.2, 0.25) is 5.75 Å². The normalized spacial score (nSPS) is 11.6. The zero-order chi connectivity index (χ0) is 22.4. The maximum absolute atomic E-state index is 13.0. The molecule has 0 aliphatic rings. The molecule has 1 heterocycles. The molecule has 1 aromatic heterocycles. The van der Waals surface area contributed by atoms with Crippen molar-refractivity contribution in [1.82, 2.24) is 4.57 Å². The molecule has 0 saturated heterocycles. The number of aromatic nitrogens is 1. The lowest BCUT2D eigenvalue weighted by molar-refractivity contribution is 0.0997. The first kappa shape index (κ1) is 22.7. The van der Waals surface area contributed by atoms with Crippen LogP contribution in [-0.2, 0) is 7.05 Å². The second kappa shape index (κ2) is 10.3. The van der Waals surface area contributed by atoms with Crippen molar-refractivity contribution in [2.75, 3.05) is 26.4 Å². The Bertz CT molecular complexity index is 1110. The van der Waals surface area contributed by atoms with Crippen LogP contribution < -0.4 is 23.7 Å². The summed E-state index contributed by atoms with van der Waals surface area (Å²) in [6.45, 7) is 9.52. The van der Waals surface area contributed by atoms with Crippen molar-refractivity contribution >= 4 is 27.5 Å². The summed E-state index contributed by atoms with van der Waals surface area (Å²) in [6.07, 6.45) is 0. The minimum Gasteiger partial charge on any atom is -0.494 e. The van der Waals surface area contributed by atoms with Gasteiger partial charge in [-0.3, -0.25) is 4.79 Å². The Kier molecular flexibility index (Phi) is 7.57. The van der Waals surface area contributed by atoms with Crippen LogP contribution in [0.25, 0.3) is 10.2 Å². The molecule has 7 nitrogen and oxygen atoms in total. The highest BCUT2D eigenvalue weighted by molar-refractivity contribution is 7.16. The van der Waals surface area contributed by atoms with E-state index in [1.54, 1.807) is 12.1 Å². The summed E-state index contributed by atoms with van der Waals surface area (Å²) in [5.74, 6) is 1.85. The lowest BCUT2D eigenvalue weighted by Gasteiger charge is -2.16. The number of nitrogens with zero attached hydrogens (tertiary/aromatic N) is 2. The molecule has 0 unspecified atom stereocenters. The van der Waals surface area contributed by atoms with Gasteiger partial charge in [-0.25, -0.2) is 0 Å². The number of amides is 1. The van der Waals surface area contributed by atoms with Gasteiger partial charge in [-0.2, -0.15) is 4.99 Å². The summed E-state index contributed by atoms with van der Waals surface area (Å²) in [6, 6.07) is 9.16. The highest BCUT2D eigenvalue weighted by Gasteiger charge is 2.18. The van der Waals surface area contributed by atoms with Crippen LogP contribution in [0, 0.1) is 0 Å². The van der Waals surface area contributed by atoms with Crippen molar-refractivity contribution in [3.05, 3.63) is 40.7 Å². The molecule has 0 aliphatic carbocycles. The van der Waals surface area contributed by atoms with Gasteiger partial charge in [0.1, 0.15) is 5.75 Å². The van der Waals surface area contributed by atoms with E-state index in [1.165, 1.54) is 11.3 Å². The summed E-state index contributed by atoms with van der Waals surface area (Å²) < 4.78 is 25.6. The molecule has 0 spiro atoms. The maximum Gasteiger partial charge on any atom is 0.279 e. The van der Waals surface area contributed by atoms with E-state index in [0.29, 0.717) is 54.0 Å². The molecule has 0 saturated carbocycles. The van der Waals surface area contributed by atoms with E-state index in [0.717, 1.165) is 16.0 Å². The van der Waals surface area contributed by atoms with Gasteiger partial charge in [0, 0.05) is 12.6 Å². The smallest absolute Gasteiger partial charge is 0.279 e. The van der Waals surface area contributed by atoms with Crippen LogP contribution in [0.1, 0.15) is 38.1 Å². The second-order valence-electron chi connectivity index (χ2n) is 6.52. The van der Waals surface area contributed by atoms with Gasteiger partial charge >= 0.3 is 0 Å². The highest BCUT2D eigenvalue weighted by Crippen LogP contribution is 2.39.